The van der Waals surface area contributed by atoms with E-state index < -0.39 is 41.6 Å². The average molecular weight is 846 g/mol. The predicted octanol–water partition coefficient (Wildman–Crippen LogP) is 3.82. The number of rotatable bonds is 28. The normalized spacial score (nSPS) is 16.2. The molecule has 1 aliphatic rings. The fraction of sp³-hybridized carbons (Fsp3) is 0.698. The third kappa shape index (κ3) is 18.8. The molecule has 2 unspecified atom stereocenters. The highest BCUT2D eigenvalue weighted by molar-refractivity contribution is 6.05. The van der Waals surface area contributed by atoms with Gasteiger partial charge in [0.05, 0.1) is 30.3 Å². The molecule has 0 aliphatic carbocycles. The van der Waals surface area contributed by atoms with E-state index >= 15 is 0 Å². The van der Waals surface area contributed by atoms with Gasteiger partial charge < -0.3 is 46.5 Å². The van der Waals surface area contributed by atoms with Gasteiger partial charge in [0.2, 0.25) is 35.4 Å². The topological polar surface area (TPSA) is 237 Å². The van der Waals surface area contributed by atoms with Gasteiger partial charge in [-0.25, -0.2) is 4.79 Å². The largest absolute Gasteiger partial charge is 0.445 e. The number of unbranched alkanes of at least 4 members (excludes halogenated alkanes) is 3. The Morgan fingerprint density at radius 1 is 0.900 bits per heavy atom. The van der Waals surface area contributed by atoms with Crippen LogP contribution in [0.4, 0.5) is 10.5 Å². The summed E-state index contributed by atoms with van der Waals surface area (Å²) in [6.45, 7) is 12.8. The van der Waals surface area contributed by atoms with Crippen LogP contribution in [-0.4, -0.2) is 110 Å². The minimum absolute atomic E-state index is 0.0101. The van der Waals surface area contributed by atoms with Gasteiger partial charge in [0, 0.05) is 45.8 Å². The predicted molar refractivity (Wildman–Crippen MR) is 227 cm³/mol. The van der Waals surface area contributed by atoms with E-state index in [0.29, 0.717) is 62.9 Å². The molecule has 2 rings (SSSR count). The summed E-state index contributed by atoms with van der Waals surface area (Å²) in [4.78, 5) is 89.6. The van der Waals surface area contributed by atoms with E-state index in [-0.39, 0.29) is 74.0 Å². The molecule has 0 saturated carbocycles. The van der Waals surface area contributed by atoms with Crippen LogP contribution < -0.4 is 32.3 Å². The third-order valence-electron chi connectivity index (χ3n) is 10.8. The van der Waals surface area contributed by atoms with E-state index in [1.807, 2.05) is 20.8 Å². The van der Waals surface area contributed by atoms with Gasteiger partial charge in [0.25, 0.3) is 0 Å². The van der Waals surface area contributed by atoms with Crippen LogP contribution in [0.25, 0.3) is 0 Å². The Balaban J connectivity index is 1.96. The second-order valence-corrected chi connectivity index (χ2v) is 16.6. The molecular formula is C43H71N7O10. The number of amides is 7. The first-order valence-electron chi connectivity index (χ1n) is 21.2. The zero-order valence-electron chi connectivity index (χ0n) is 37.0. The Morgan fingerprint density at radius 3 is 2.20 bits per heavy atom. The molecule has 4 atom stereocenters. The second kappa shape index (κ2) is 25.9. The summed E-state index contributed by atoms with van der Waals surface area (Å²) in [5.41, 5.74) is 6.11. The standard InChI is InChI=1S/C43H71N7O10/c1-9-43(6,58-8)23-26-60-42(4,5)22-21-34(51)46-24-13-12-15-33(38(54)47-31-19-17-30(18-20-31)28-59-41(57)45-7)48-39(55)37(29(2)3)49-35(52)16-11-10-14-25-50-36(53)27-32(44)40(50)56/h17-20,29,32-33,37H,9-16,21-28,44H2,1-8H3,(H,45,57)(H,46,51)(H,47,54)(H,48,55)(H,49,52)/t32?,33-,37-,43?/m0/s1. The van der Waals surface area contributed by atoms with Crippen molar-refractivity contribution >= 4 is 47.2 Å². The fourth-order valence-electron chi connectivity index (χ4n) is 6.36. The molecule has 1 aliphatic heterocycles. The maximum atomic E-state index is 13.7. The van der Waals surface area contributed by atoms with Crippen molar-refractivity contribution in [2.75, 3.05) is 39.2 Å². The van der Waals surface area contributed by atoms with Crippen LogP contribution in [0.3, 0.4) is 0 Å². The lowest BCUT2D eigenvalue weighted by molar-refractivity contribution is -0.139. The van der Waals surface area contributed by atoms with Crippen LogP contribution in [-0.2, 0) is 49.6 Å². The number of anilines is 1. The molecule has 17 nitrogen and oxygen atoms in total. The lowest BCUT2D eigenvalue weighted by Crippen LogP contribution is -2.54. The molecule has 0 aromatic heterocycles. The van der Waals surface area contributed by atoms with Gasteiger partial charge in [-0.3, -0.25) is 33.7 Å². The molecule has 0 radical (unpaired) electrons. The number of nitrogens with two attached hydrogens (primary N) is 1. The number of likely N-dealkylation sites (tertiary alicyclic amines) is 1. The molecule has 1 saturated heterocycles. The average Bonchev–Trinajstić information content (AvgIpc) is 3.45. The lowest BCUT2D eigenvalue weighted by atomic mass is 9.98. The van der Waals surface area contributed by atoms with Crippen molar-refractivity contribution in [2.45, 2.75) is 155 Å². The summed E-state index contributed by atoms with van der Waals surface area (Å²) in [6.07, 6.45) is 4.93. The Bertz CT molecular complexity index is 1570. The first kappa shape index (κ1) is 51.5. The van der Waals surface area contributed by atoms with Crippen LogP contribution in [0.5, 0.6) is 0 Å². The number of hydrogen-bond acceptors (Lipinski definition) is 11. The van der Waals surface area contributed by atoms with Gasteiger partial charge in [0.1, 0.15) is 18.7 Å². The van der Waals surface area contributed by atoms with Gasteiger partial charge in [-0.1, -0.05) is 39.3 Å². The highest BCUT2D eigenvalue weighted by Gasteiger charge is 2.35. The van der Waals surface area contributed by atoms with E-state index in [2.05, 4.69) is 33.5 Å². The molecule has 1 heterocycles. The quantitative estimate of drug-likeness (QED) is 0.0524. The van der Waals surface area contributed by atoms with E-state index in [9.17, 15) is 33.6 Å². The molecule has 338 valence electrons. The monoisotopic (exact) mass is 846 g/mol. The van der Waals surface area contributed by atoms with Crippen LogP contribution in [0.1, 0.15) is 124 Å². The van der Waals surface area contributed by atoms with Gasteiger partial charge in [-0.05, 0) is 95.8 Å². The van der Waals surface area contributed by atoms with Crippen molar-refractivity contribution in [2.24, 2.45) is 11.7 Å². The van der Waals surface area contributed by atoms with Crippen LogP contribution >= 0.6 is 0 Å². The van der Waals surface area contributed by atoms with Crippen molar-refractivity contribution in [1.29, 1.82) is 0 Å². The molecule has 1 aromatic carbocycles. The molecule has 0 spiro atoms. The SMILES string of the molecule is CCC(C)(CCOC(C)(C)CCC(=O)NCCCC[C@H](NC(=O)[C@@H](NC(=O)CCCCCN1C(=O)CC(N)C1=O)C(C)C)C(=O)Nc1ccc(COC(=O)NC)cc1)OC. The van der Waals surface area contributed by atoms with Gasteiger partial charge >= 0.3 is 6.09 Å². The second-order valence-electron chi connectivity index (χ2n) is 16.6. The summed E-state index contributed by atoms with van der Waals surface area (Å²) < 4.78 is 16.7. The molecular weight excluding hydrogens is 775 g/mol. The third-order valence-corrected chi connectivity index (χ3v) is 10.8. The molecule has 0 bridgehead atoms. The Morgan fingerprint density at radius 2 is 1.60 bits per heavy atom. The van der Waals surface area contributed by atoms with Crippen LogP contribution in [0.15, 0.2) is 24.3 Å². The molecule has 60 heavy (non-hydrogen) atoms. The number of benzene rings is 1. The number of imide groups is 1. The summed E-state index contributed by atoms with van der Waals surface area (Å²) >= 11 is 0. The molecule has 7 amide bonds. The number of nitrogens with zero attached hydrogens (tertiary/aromatic N) is 1. The van der Waals surface area contributed by atoms with Crippen molar-refractivity contribution < 1.29 is 47.8 Å². The molecule has 7 N–H and O–H groups in total. The van der Waals surface area contributed by atoms with Crippen molar-refractivity contribution in [1.82, 2.24) is 26.2 Å². The zero-order valence-corrected chi connectivity index (χ0v) is 37.0. The summed E-state index contributed by atoms with van der Waals surface area (Å²) in [6, 6.07) is 4.06. The Labute approximate surface area is 355 Å². The first-order valence-corrected chi connectivity index (χ1v) is 21.2. The number of methoxy groups -OCH3 is 1. The summed E-state index contributed by atoms with van der Waals surface area (Å²) in [5, 5.41) is 13.8. The number of alkyl carbamates (subject to hydrolysis) is 1. The van der Waals surface area contributed by atoms with Crippen molar-refractivity contribution in [3.63, 3.8) is 0 Å². The first-order chi connectivity index (χ1) is 28.3. The number of carbonyl (C=O) groups excluding carboxylic acids is 7. The summed E-state index contributed by atoms with van der Waals surface area (Å²) in [5.74, 6) is -2.38. The number of ether oxygens (including phenoxy) is 3. The zero-order chi connectivity index (χ0) is 44.9. The number of hydrogen-bond donors (Lipinski definition) is 6. The summed E-state index contributed by atoms with van der Waals surface area (Å²) in [7, 11) is 3.16. The van der Waals surface area contributed by atoms with Crippen LogP contribution in [0, 0.1) is 5.92 Å². The number of carbonyl (C=O) groups is 7. The van der Waals surface area contributed by atoms with Crippen LogP contribution in [0.2, 0.25) is 0 Å². The number of nitrogens with one attached hydrogen (secondary N) is 5. The maximum Gasteiger partial charge on any atom is 0.407 e. The smallest absolute Gasteiger partial charge is 0.407 e. The highest BCUT2D eigenvalue weighted by atomic mass is 16.5. The maximum absolute atomic E-state index is 13.7. The van der Waals surface area contributed by atoms with Gasteiger partial charge in [0.15, 0.2) is 0 Å². The lowest BCUT2D eigenvalue weighted by Gasteiger charge is -2.30. The van der Waals surface area contributed by atoms with Gasteiger partial charge in [-0.15, -0.1) is 0 Å². The van der Waals surface area contributed by atoms with E-state index in [1.165, 1.54) is 11.9 Å². The minimum Gasteiger partial charge on any atom is -0.445 e. The van der Waals surface area contributed by atoms with Gasteiger partial charge in [-0.2, -0.15) is 0 Å². The van der Waals surface area contributed by atoms with E-state index in [4.69, 9.17) is 19.9 Å². The minimum atomic E-state index is -0.961. The fourth-order valence-corrected chi connectivity index (χ4v) is 6.36. The molecule has 1 aromatic rings. The van der Waals surface area contributed by atoms with E-state index in [0.717, 1.165) is 12.8 Å². The Hall–Kier alpha value is -4.61. The van der Waals surface area contributed by atoms with Crippen molar-refractivity contribution in [3.05, 3.63) is 29.8 Å². The van der Waals surface area contributed by atoms with E-state index in [1.54, 1.807) is 45.2 Å². The van der Waals surface area contributed by atoms with Crippen molar-refractivity contribution in [3.8, 4) is 0 Å². The Kier molecular flexibility index (Phi) is 22.2. The highest BCUT2D eigenvalue weighted by Crippen LogP contribution is 2.23. The molecule has 1 fully saturated rings. The molecule has 17 heteroatoms.